The summed E-state index contributed by atoms with van der Waals surface area (Å²) in [5.41, 5.74) is 1.31. The van der Waals surface area contributed by atoms with Gasteiger partial charge in [-0.05, 0) is 42.1 Å². The van der Waals surface area contributed by atoms with Crippen molar-refractivity contribution in [3.63, 3.8) is 0 Å². The lowest BCUT2D eigenvalue weighted by Crippen LogP contribution is -2.33. The summed E-state index contributed by atoms with van der Waals surface area (Å²) >= 11 is 9.83. The van der Waals surface area contributed by atoms with Crippen LogP contribution >= 0.6 is 27.5 Å². The first-order valence-electron chi connectivity index (χ1n) is 6.04. The zero-order chi connectivity index (χ0) is 13.1. The summed E-state index contributed by atoms with van der Waals surface area (Å²) in [4.78, 5) is 0. The summed E-state index contributed by atoms with van der Waals surface area (Å²) < 4.78 is 1.07. The Morgan fingerprint density at radius 1 is 1.35 bits per heavy atom. The first kappa shape index (κ1) is 15.0. The fraction of sp³-hybridized carbons (Fsp3) is 0.571. The molecule has 0 saturated carbocycles. The second-order valence-corrected chi connectivity index (χ2v) is 6.74. The maximum atomic E-state index is 6.32. The summed E-state index contributed by atoms with van der Waals surface area (Å²) in [5.74, 6) is 0. The van der Waals surface area contributed by atoms with Crippen molar-refractivity contribution in [3.8, 4) is 0 Å². The van der Waals surface area contributed by atoms with Gasteiger partial charge >= 0.3 is 0 Å². The molecular weight excluding hydrogens is 298 g/mol. The van der Waals surface area contributed by atoms with Crippen LogP contribution in [-0.4, -0.2) is 6.54 Å². The molecule has 1 aromatic carbocycles. The summed E-state index contributed by atoms with van der Waals surface area (Å²) in [6, 6.07) is 6.31. The fourth-order valence-corrected chi connectivity index (χ4v) is 2.51. The molecular formula is C14H21BrClN. The SMILES string of the molecule is CCCNC(c1cc(Br)ccc1Cl)C(C)(C)C. The Hall–Kier alpha value is -0.0500. The fourth-order valence-electron chi connectivity index (χ4n) is 1.91. The minimum Gasteiger partial charge on any atom is -0.309 e. The van der Waals surface area contributed by atoms with Crippen LogP contribution in [0.5, 0.6) is 0 Å². The molecule has 1 N–H and O–H groups in total. The maximum absolute atomic E-state index is 6.32. The number of nitrogens with one attached hydrogen (secondary N) is 1. The Bertz CT molecular complexity index is 371. The molecule has 96 valence electrons. The number of hydrogen-bond acceptors (Lipinski definition) is 1. The molecule has 1 unspecified atom stereocenters. The molecule has 1 rings (SSSR count). The monoisotopic (exact) mass is 317 g/mol. The van der Waals surface area contributed by atoms with E-state index in [-0.39, 0.29) is 11.5 Å². The van der Waals surface area contributed by atoms with Crippen molar-refractivity contribution in [1.82, 2.24) is 5.32 Å². The van der Waals surface area contributed by atoms with Crippen molar-refractivity contribution in [2.45, 2.75) is 40.2 Å². The maximum Gasteiger partial charge on any atom is 0.0454 e. The molecule has 0 saturated heterocycles. The van der Waals surface area contributed by atoms with E-state index in [1.165, 1.54) is 5.56 Å². The van der Waals surface area contributed by atoms with E-state index in [2.05, 4.69) is 55.0 Å². The van der Waals surface area contributed by atoms with Crippen molar-refractivity contribution >= 4 is 27.5 Å². The predicted octanol–water partition coefficient (Wildman–Crippen LogP) is 5.19. The van der Waals surface area contributed by atoms with Gasteiger partial charge in [0.1, 0.15) is 0 Å². The summed E-state index contributed by atoms with van der Waals surface area (Å²) in [7, 11) is 0. The lowest BCUT2D eigenvalue weighted by molar-refractivity contribution is 0.273. The molecule has 1 aromatic rings. The number of rotatable bonds is 4. The molecule has 1 atom stereocenters. The average molecular weight is 319 g/mol. The normalized spacial score (nSPS) is 13.8. The van der Waals surface area contributed by atoms with Crippen LogP contribution in [0.25, 0.3) is 0 Å². The third kappa shape index (κ3) is 4.27. The lowest BCUT2D eigenvalue weighted by atomic mass is 9.82. The van der Waals surface area contributed by atoms with Gasteiger partial charge in [0.05, 0.1) is 0 Å². The topological polar surface area (TPSA) is 12.0 Å². The highest BCUT2D eigenvalue weighted by atomic mass is 79.9. The van der Waals surface area contributed by atoms with Crippen molar-refractivity contribution in [2.75, 3.05) is 6.54 Å². The third-order valence-electron chi connectivity index (χ3n) is 2.73. The van der Waals surface area contributed by atoms with E-state index in [0.717, 1.165) is 22.5 Å². The first-order chi connectivity index (χ1) is 7.86. The van der Waals surface area contributed by atoms with Crippen molar-refractivity contribution < 1.29 is 0 Å². The molecule has 1 nitrogen and oxygen atoms in total. The highest BCUT2D eigenvalue weighted by molar-refractivity contribution is 9.10. The van der Waals surface area contributed by atoms with E-state index in [1.54, 1.807) is 0 Å². The van der Waals surface area contributed by atoms with Crippen LogP contribution in [0.15, 0.2) is 22.7 Å². The Balaban J connectivity index is 3.08. The average Bonchev–Trinajstić information content (AvgIpc) is 2.21. The quantitative estimate of drug-likeness (QED) is 0.805. The second kappa shape index (κ2) is 6.21. The standard InChI is InChI=1S/C14H21BrClN/c1-5-8-17-13(14(2,3)4)11-9-10(15)6-7-12(11)16/h6-7,9,13,17H,5,8H2,1-4H3. The molecule has 0 aliphatic heterocycles. The Morgan fingerprint density at radius 2 is 2.00 bits per heavy atom. The van der Waals surface area contributed by atoms with Crippen LogP contribution < -0.4 is 5.32 Å². The number of benzene rings is 1. The number of hydrogen-bond donors (Lipinski definition) is 1. The minimum atomic E-state index is 0.138. The Kier molecular flexibility index (Phi) is 5.49. The van der Waals surface area contributed by atoms with E-state index >= 15 is 0 Å². The highest BCUT2D eigenvalue weighted by Crippen LogP contribution is 2.37. The van der Waals surface area contributed by atoms with Crippen LogP contribution in [0.2, 0.25) is 5.02 Å². The van der Waals surface area contributed by atoms with Gasteiger partial charge in [-0.3, -0.25) is 0 Å². The summed E-state index contributed by atoms with van der Waals surface area (Å²) in [6.07, 6.45) is 1.12. The molecule has 0 heterocycles. The molecule has 3 heteroatoms. The Labute approximate surface area is 118 Å². The van der Waals surface area contributed by atoms with Gasteiger partial charge in [0.25, 0.3) is 0 Å². The van der Waals surface area contributed by atoms with E-state index in [1.807, 2.05) is 12.1 Å². The first-order valence-corrected chi connectivity index (χ1v) is 7.21. The zero-order valence-corrected chi connectivity index (χ0v) is 13.3. The van der Waals surface area contributed by atoms with Crippen molar-refractivity contribution in [2.24, 2.45) is 5.41 Å². The van der Waals surface area contributed by atoms with Gasteiger partial charge in [-0.2, -0.15) is 0 Å². The van der Waals surface area contributed by atoms with Crippen LogP contribution in [0.3, 0.4) is 0 Å². The van der Waals surface area contributed by atoms with Crippen LogP contribution in [-0.2, 0) is 0 Å². The van der Waals surface area contributed by atoms with Gasteiger partial charge in [0.2, 0.25) is 0 Å². The van der Waals surface area contributed by atoms with Gasteiger partial charge in [-0.15, -0.1) is 0 Å². The number of halogens is 2. The van der Waals surface area contributed by atoms with Crippen LogP contribution in [0.4, 0.5) is 0 Å². The van der Waals surface area contributed by atoms with E-state index in [4.69, 9.17) is 11.6 Å². The van der Waals surface area contributed by atoms with E-state index in [9.17, 15) is 0 Å². The zero-order valence-electron chi connectivity index (χ0n) is 11.0. The Morgan fingerprint density at radius 3 is 2.53 bits per heavy atom. The molecule has 0 radical (unpaired) electrons. The predicted molar refractivity (Wildman–Crippen MR) is 79.6 cm³/mol. The van der Waals surface area contributed by atoms with Crippen molar-refractivity contribution in [1.29, 1.82) is 0 Å². The molecule has 0 aliphatic carbocycles. The molecule has 0 aromatic heterocycles. The lowest BCUT2D eigenvalue weighted by Gasteiger charge is -2.33. The molecule has 17 heavy (non-hydrogen) atoms. The van der Waals surface area contributed by atoms with Gasteiger partial charge in [-0.25, -0.2) is 0 Å². The minimum absolute atomic E-state index is 0.138. The smallest absolute Gasteiger partial charge is 0.0454 e. The second-order valence-electron chi connectivity index (χ2n) is 5.42. The molecule has 0 fully saturated rings. The van der Waals surface area contributed by atoms with Crippen LogP contribution in [0, 0.1) is 5.41 Å². The van der Waals surface area contributed by atoms with Gasteiger partial charge < -0.3 is 5.32 Å². The van der Waals surface area contributed by atoms with E-state index in [0.29, 0.717) is 0 Å². The molecule has 0 amide bonds. The van der Waals surface area contributed by atoms with Crippen molar-refractivity contribution in [3.05, 3.63) is 33.3 Å². The summed E-state index contributed by atoms with van der Waals surface area (Å²) in [5, 5.41) is 4.42. The molecule has 0 aliphatic rings. The largest absolute Gasteiger partial charge is 0.309 e. The molecule has 0 spiro atoms. The molecule has 0 bridgehead atoms. The van der Waals surface area contributed by atoms with Gasteiger partial charge in [-0.1, -0.05) is 55.2 Å². The summed E-state index contributed by atoms with van der Waals surface area (Å²) in [6.45, 7) is 9.88. The highest BCUT2D eigenvalue weighted by Gasteiger charge is 2.27. The van der Waals surface area contributed by atoms with Gasteiger partial charge in [0.15, 0.2) is 0 Å². The van der Waals surface area contributed by atoms with E-state index < -0.39 is 0 Å². The van der Waals surface area contributed by atoms with Gasteiger partial charge in [0, 0.05) is 15.5 Å². The van der Waals surface area contributed by atoms with Crippen LogP contribution in [0.1, 0.15) is 45.7 Å². The third-order valence-corrected chi connectivity index (χ3v) is 3.57.